The van der Waals surface area contributed by atoms with E-state index in [-0.39, 0.29) is 5.56 Å². The quantitative estimate of drug-likeness (QED) is 0.622. The van der Waals surface area contributed by atoms with E-state index in [2.05, 4.69) is 0 Å². The number of esters is 1. The smallest absolute Gasteiger partial charge is 0.350 e. The molecule has 0 saturated carbocycles. The Morgan fingerprint density at radius 2 is 1.52 bits per heavy atom. The van der Waals surface area contributed by atoms with Crippen molar-refractivity contribution < 1.29 is 19.0 Å². The summed E-state index contributed by atoms with van der Waals surface area (Å²) in [7, 11) is 2.98. The maximum atomic E-state index is 12.2. The van der Waals surface area contributed by atoms with E-state index >= 15 is 0 Å². The van der Waals surface area contributed by atoms with Gasteiger partial charge in [0.15, 0.2) is 0 Å². The maximum Gasteiger partial charge on any atom is 0.350 e. The van der Waals surface area contributed by atoms with Gasteiger partial charge in [-0.05, 0) is 23.8 Å². The summed E-state index contributed by atoms with van der Waals surface area (Å²) in [5.41, 5.74) is 1.21. The first-order valence-electron chi connectivity index (χ1n) is 6.40. The van der Waals surface area contributed by atoms with E-state index < -0.39 is 5.97 Å². The first-order chi connectivity index (χ1) is 10.3. The number of benzene rings is 2. The molecule has 0 radical (unpaired) electrons. The number of hydrogen-bond acceptors (Lipinski definition) is 4. The minimum atomic E-state index is -0.531. The lowest BCUT2D eigenvalue weighted by Gasteiger charge is -2.10. The molecule has 0 bridgehead atoms. The van der Waals surface area contributed by atoms with Crippen molar-refractivity contribution in [1.82, 2.24) is 0 Å². The van der Waals surface area contributed by atoms with Crippen LogP contribution < -0.4 is 9.47 Å². The molecule has 0 aliphatic heterocycles. The van der Waals surface area contributed by atoms with Gasteiger partial charge in [0, 0.05) is 0 Å². The Labute approximate surface area is 123 Å². The van der Waals surface area contributed by atoms with Crippen LogP contribution in [0, 0.1) is 0 Å². The molecule has 0 spiro atoms. The fourth-order valence-electron chi connectivity index (χ4n) is 1.85. The van der Waals surface area contributed by atoms with Gasteiger partial charge in [-0.15, -0.1) is 0 Å². The monoisotopic (exact) mass is 284 g/mol. The summed E-state index contributed by atoms with van der Waals surface area (Å²) >= 11 is 0. The van der Waals surface area contributed by atoms with E-state index in [0.717, 1.165) is 5.56 Å². The molecule has 0 saturated heterocycles. The third-order valence-electron chi connectivity index (χ3n) is 2.87. The Bertz CT molecular complexity index is 610. The van der Waals surface area contributed by atoms with Crippen LogP contribution in [0.4, 0.5) is 0 Å². The minimum Gasteiger partial charge on any atom is -0.496 e. The predicted octanol–water partition coefficient (Wildman–Crippen LogP) is 3.53. The number of ether oxygens (including phenoxy) is 3. The molecular weight excluding hydrogens is 268 g/mol. The summed E-state index contributed by atoms with van der Waals surface area (Å²) in [5, 5.41) is 0. The molecule has 0 aromatic heterocycles. The first-order valence-corrected chi connectivity index (χ1v) is 6.40. The van der Waals surface area contributed by atoms with Gasteiger partial charge >= 0.3 is 5.97 Å². The number of carbonyl (C=O) groups is 1. The number of methoxy groups -OCH3 is 2. The van der Waals surface area contributed by atoms with E-state index in [4.69, 9.17) is 14.2 Å². The summed E-state index contributed by atoms with van der Waals surface area (Å²) in [4.78, 5) is 12.2. The standard InChI is InChI=1S/C17H16O4/c1-19-14-9-6-10-15(20-2)16(14)17(18)21-12-11-13-7-4-3-5-8-13/h3-12H,1-2H3/b12-11+. The molecule has 0 N–H and O–H groups in total. The van der Waals surface area contributed by atoms with Crippen molar-refractivity contribution in [3.8, 4) is 11.5 Å². The fraction of sp³-hybridized carbons (Fsp3) is 0.118. The first kappa shape index (κ1) is 14.7. The lowest BCUT2D eigenvalue weighted by Crippen LogP contribution is -2.06. The molecule has 21 heavy (non-hydrogen) atoms. The van der Waals surface area contributed by atoms with E-state index in [0.29, 0.717) is 11.5 Å². The summed E-state index contributed by atoms with van der Waals surface area (Å²) < 4.78 is 15.5. The van der Waals surface area contributed by atoms with Crippen LogP contribution in [0.25, 0.3) is 6.08 Å². The van der Waals surface area contributed by atoms with Crippen LogP contribution >= 0.6 is 0 Å². The van der Waals surface area contributed by atoms with Crippen molar-refractivity contribution in [1.29, 1.82) is 0 Å². The van der Waals surface area contributed by atoms with Gasteiger partial charge in [0.05, 0.1) is 20.5 Å². The second-order valence-corrected chi connectivity index (χ2v) is 4.16. The predicted molar refractivity (Wildman–Crippen MR) is 80.4 cm³/mol. The second kappa shape index (κ2) is 7.14. The molecule has 0 unspecified atom stereocenters. The Hall–Kier alpha value is -2.75. The molecule has 0 atom stereocenters. The molecule has 4 nitrogen and oxygen atoms in total. The van der Waals surface area contributed by atoms with Gasteiger partial charge in [0.1, 0.15) is 17.1 Å². The van der Waals surface area contributed by atoms with Gasteiger partial charge in [-0.25, -0.2) is 4.79 Å². The van der Waals surface area contributed by atoms with Gasteiger partial charge in [0.25, 0.3) is 0 Å². The Balaban J connectivity index is 2.15. The van der Waals surface area contributed by atoms with E-state index in [1.165, 1.54) is 20.5 Å². The molecular formula is C17H16O4. The Morgan fingerprint density at radius 1 is 0.905 bits per heavy atom. The summed E-state index contributed by atoms with van der Waals surface area (Å²) in [6, 6.07) is 14.7. The average molecular weight is 284 g/mol. The van der Waals surface area contributed by atoms with E-state index in [9.17, 15) is 4.79 Å². The van der Waals surface area contributed by atoms with Gasteiger partial charge in [0.2, 0.25) is 0 Å². The highest BCUT2D eigenvalue weighted by Crippen LogP contribution is 2.28. The molecule has 0 fully saturated rings. The zero-order chi connectivity index (χ0) is 15.1. The van der Waals surface area contributed by atoms with Crippen molar-refractivity contribution >= 4 is 12.0 Å². The molecule has 2 aromatic carbocycles. The third-order valence-corrected chi connectivity index (χ3v) is 2.87. The van der Waals surface area contributed by atoms with Crippen molar-refractivity contribution in [2.75, 3.05) is 14.2 Å². The summed E-state index contributed by atoms with van der Waals surface area (Å²) in [6.07, 6.45) is 3.06. The van der Waals surface area contributed by atoms with Crippen molar-refractivity contribution in [2.24, 2.45) is 0 Å². The SMILES string of the molecule is COc1cccc(OC)c1C(=O)O/C=C/c1ccccc1. The largest absolute Gasteiger partial charge is 0.496 e. The number of carbonyl (C=O) groups excluding carboxylic acids is 1. The third kappa shape index (κ3) is 3.63. The average Bonchev–Trinajstić information content (AvgIpc) is 2.54. The molecule has 108 valence electrons. The zero-order valence-electron chi connectivity index (χ0n) is 11.9. The van der Waals surface area contributed by atoms with Crippen LogP contribution in [0.2, 0.25) is 0 Å². The topological polar surface area (TPSA) is 44.8 Å². The van der Waals surface area contributed by atoms with Crippen LogP contribution in [0.1, 0.15) is 15.9 Å². The van der Waals surface area contributed by atoms with E-state index in [1.807, 2.05) is 30.3 Å². The zero-order valence-corrected chi connectivity index (χ0v) is 11.9. The highest BCUT2D eigenvalue weighted by atomic mass is 16.5. The van der Waals surface area contributed by atoms with Crippen LogP contribution in [-0.4, -0.2) is 20.2 Å². The van der Waals surface area contributed by atoms with Gasteiger partial charge < -0.3 is 14.2 Å². The minimum absolute atomic E-state index is 0.264. The van der Waals surface area contributed by atoms with E-state index in [1.54, 1.807) is 24.3 Å². The van der Waals surface area contributed by atoms with Crippen molar-refractivity contribution in [3.63, 3.8) is 0 Å². The molecule has 2 rings (SSSR count). The van der Waals surface area contributed by atoms with Gasteiger partial charge in [-0.1, -0.05) is 36.4 Å². The van der Waals surface area contributed by atoms with Crippen LogP contribution in [0.15, 0.2) is 54.8 Å². The lowest BCUT2D eigenvalue weighted by atomic mass is 10.2. The molecule has 0 heterocycles. The Morgan fingerprint density at radius 3 is 2.10 bits per heavy atom. The molecule has 0 aliphatic rings. The highest BCUT2D eigenvalue weighted by molar-refractivity contribution is 5.96. The molecule has 2 aromatic rings. The molecule has 0 aliphatic carbocycles. The summed E-state index contributed by atoms with van der Waals surface area (Å²) in [6.45, 7) is 0. The normalized spacial score (nSPS) is 10.4. The van der Waals surface area contributed by atoms with Crippen molar-refractivity contribution in [3.05, 3.63) is 65.9 Å². The maximum absolute atomic E-state index is 12.2. The fourth-order valence-corrected chi connectivity index (χ4v) is 1.85. The number of rotatable bonds is 5. The lowest BCUT2D eigenvalue weighted by molar-refractivity contribution is 0.0658. The van der Waals surface area contributed by atoms with Crippen LogP contribution in [-0.2, 0) is 4.74 Å². The number of hydrogen-bond donors (Lipinski definition) is 0. The van der Waals surface area contributed by atoms with Gasteiger partial charge in [-0.2, -0.15) is 0 Å². The second-order valence-electron chi connectivity index (χ2n) is 4.16. The molecule has 0 amide bonds. The summed E-state index contributed by atoms with van der Waals surface area (Å²) in [5.74, 6) is 0.288. The van der Waals surface area contributed by atoms with Gasteiger partial charge in [-0.3, -0.25) is 0 Å². The molecule has 4 heteroatoms. The van der Waals surface area contributed by atoms with Crippen LogP contribution in [0.3, 0.4) is 0 Å². The van der Waals surface area contributed by atoms with Crippen molar-refractivity contribution in [2.45, 2.75) is 0 Å². The van der Waals surface area contributed by atoms with Crippen LogP contribution in [0.5, 0.6) is 11.5 Å². The highest BCUT2D eigenvalue weighted by Gasteiger charge is 2.18. The Kier molecular flexibility index (Phi) is 4.99.